The molecule has 150 valence electrons. The van der Waals surface area contributed by atoms with Gasteiger partial charge < -0.3 is 4.90 Å². The average molecular weight is 369 g/mol. The first-order chi connectivity index (χ1) is 13.2. The lowest BCUT2D eigenvalue weighted by molar-refractivity contribution is 0.0793. The van der Waals surface area contributed by atoms with Crippen LogP contribution in [-0.2, 0) is 0 Å². The summed E-state index contributed by atoms with van der Waals surface area (Å²) >= 11 is 0. The van der Waals surface area contributed by atoms with Gasteiger partial charge in [-0.1, -0.05) is 51.8 Å². The molecule has 0 amide bonds. The maximum absolute atomic E-state index is 2.86. The van der Waals surface area contributed by atoms with Crippen LogP contribution in [0.4, 0.5) is 5.69 Å². The highest BCUT2D eigenvalue weighted by Gasteiger charge is 2.38. The van der Waals surface area contributed by atoms with E-state index in [4.69, 9.17) is 0 Å². The van der Waals surface area contributed by atoms with Crippen LogP contribution >= 0.6 is 0 Å². The van der Waals surface area contributed by atoms with E-state index in [-0.39, 0.29) is 0 Å². The van der Waals surface area contributed by atoms with Crippen LogP contribution in [-0.4, -0.2) is 36.6 Å². The van der Waals surface area contributed by atoms with Gasteiger partial charge in [-0.3, -0.25) is 4.90 Å². The molecule has 2 heteroatoms. The van der Waals surface area contributed by atoms with Gasteiger partial charge >= 0.3 is 0 Å². The molecule has 0 N–H and O–H groups in total. The zero-order valence-electron chi connectivity index (χ0n) is 17.9. The van der Waals surface area contributed by atoms with Crippen molar-refractivity contribution in [3.8, 4) is 0 Å². The smallest absolute Gasteiger partial charge is 0.0405 e. The Kier molecular flexibility index (Phi) is 6.12. The SMILES string of the molecule is CCCC1CCC(N2CCC(N3CC(CC)c4ccccc43)C(C)C2)CC1. The Morgan fingerprint density at radius 2 is 1.74 bits per heavy atom. The minimum absolute atomic E-state index is 0.732. The van der Waals surface area contributed by atoms with Gasteiger partial charge in [-0.05, 0) is 62.0 Å². The van der Waals surface area contributed by atoms with Gasteiger partial charge in [0.25, 0.3) is 0 Å². The standard InChI is InChI=1S/C25H40N2/c1-4-8-20-11-13-22(14-12-20)26-16-15-24(19(3)17-26)27-18-21(5-2)23-9-6-7-10-25(23)27/h6-7,9-10,19-22,24H,4-5,8,11-18H2,1-3H3. The fraction of sp³-hybridized carbons (Fsp3) is 0.760. The van der Waals surface area contributed by atoms with Crippen LogP contribution in [0.2, 0.25) is 0 Å². The summed E-state index contributed by atoms with van der Waals surface area (Å²) < 4.78 is 0. The van der Waals surface area contributed by atoms with Crippen LogP contribution in [0.15, 0.2) is 24.3 Å². The van der Waals surface area contributed by atoms with Gasteiger partial charge in [-0.2, -0.15) is 0 Å². The first-order valence-corrected chi connectivity index (χ1v) is 11.8. The van der Waals surface area contributed by atoms with Crippen molar-refractivity contribution in [2.24, 2.45) is 11.8 Å². The monoisotopic (exact) mass is 368 g/mol. The molecule has 0 bridgehead atoms. The van der Waals surface area contributed by atoms with Crippen molar-refractivity contribution in [3.63, 3.8) is 0 Å². The average Bonchev–Trinajstić information content (AvgIpc) is 3.07. The maximum Gasteiger partial charge on any atom is 0.0405 e. The van der Waals surface area contributed by atoms with Crippen LogP contribution < -0.4 is 4.90 Å². The summed E-state index contributed by atoms with van der Waals surface area (Å²) in [4.78, 5) is 5.65. The molecule has 2 heterocycles. The number of anilines is 1. The largest absolute Gasteiger partial charge is 0.367 e. The van der Waals surface area contributed by atoms with E-state index in [0.29, 0.717) is 0 Å². The van der Waals surface area contributed by atoms with Crippen LogP contribution in [0.25, 0.3) is 0 Å². The van der Waals surface area contributed by atoms with Crippen molar-refractivity contribution in [1.29, 1.82) is 0 Å². The van der Waals surface area contributed by atoms with E-state index < -0.39 is 0 Å². The summed E-state index contributed by atoms with van der Waals surface area (Å²) in [6, 6.07) is 10.8. The number of piperidine rings is 1. The molecule has 1 saturated heterocycles. The number of rotatable bonds is 5. The zero-order valence-corrected chi connectivity index (χ0v) is 17.9. The summed E-state index contributed by atoms with van der Waals surface area (Å²) in [5, 5.41) is 0. The molecule has 3 atom stereocenters. The van der Waals surface area contributed by atoms with Crippen molar-refractivity contribution >= 4 is 5.69 Å². The van der Waals surface area contributed by atoms with Gasteiger partial charge in [-0.15, -0.1) is 0 Å². The molecule has 1 aromatic carbocycles. The molecular weight excluding hydrogens is 328 g/mol. The van der Waals surface area contributed by atoms with Gasteiger partial charge in [-0.25, -0.2) is 0 Å². The molecule has 4 rings (SSSR count). The normalized spacial score (nSPS) is 34.6. The summed E-state index contributed by atoms with van der Waals surface area (Å²) in [7, 11) is 0. The minimum atomic E-state index is 0.732. The van der Waals surface area contributed by atoms with Crippen LogP contribution in [0.5, 0.6) is 0 Å². The molecular formula is C25H40N2. The lowest BCUT2D eigenvalue weighted by Crippen LogP contribution is -2.53. The van der Waals surface area contributed by atoms with Crippen molar-refractivity contribution in [3.05, 3.63) is 29.8 Å². The van der Waals surface area contributed by atoms with Crippen LogP contribution in [0.1, 0.15) is 83.6 Å². The Hall–Kier alpha value is -1.02. The highest BCUT2D eigenvalue weighted by atomic mass is 15.2. The summed E-state index contributed by atoms with van der Waals surface area (Å²) in [5.41, 5.74) is 3.14. The molecule has 1 saturated carbocycles. The number of para-hydroxylation sites is 1. The first kappa shape index (κ1) is 19.3. The van der Waals surface area contributed by atoms with Crippen molar-refractivity contribution in [2.45, 2.75) is 90.1 Å². The second-order valence-corrected chi connectivity index (χ2v) is 9.61. The highest BCUT2D eigenvalue weighted by Crippen LogP contribution is 2.42. The molecule has 1 aromatic rings. The third kappa shape index (κ3) is 3.92. The molecule has 1 aliphatic carbocycles. The Morgan fingerprint density at radius 3 is 2.44 bits per heavy atom. The topological polar surface area (TPSA) is 6.48 Å². The van der Waals surface area contributed by atoms with Crippen molar-refractivity contribution in [1.82, 2.24) is 4.90 Å². The lowest BCUT2D eigenvalue weighted by Gasteiger charge is -2.46. The fourth-order valence-corrected chi connectivity index (χ4v) is 6.36. The van der Waals surface area contributed by atoms with Crippen molar-refractivity contribution < 1.29 is 0 Å². The van der Waals surface area contributed by atoms with E-state index >= 15 is 0 Å². The molecule has 3 unspecified atom stereocenters. The Balaban J connectivity index is 1.37. The van der Waals surface area contributed by atoms with Gasteiger partial charge in [0.2, 0.25) is 0 Å². The van der Waals surface area contributed by atoms with E-state index in [9.17, 15) is 0 Å². The molecule has 3 aliphatic rings. The van der Waals surface area contributed by atoms with E-state index in [1.165, 1.54) is 76.7 Å². The van der Waals surface area contributed by atoms with Crippen LogP contribution in [0, 0.1) is 11.8 Å². The Bertz CT molecular complexity index is 604. The number of likely N-dealkylation sites (tertiary alicyclic amines) is 1. The third-order valence-corrected chi connectivity index (χ3v) is 7.92. The second-order valence-electron chi connectivity index (χ2n) is 9.61. The molecule has 2 aliphatic heterocycles. The quantitative estimate of drug-likeness (QED) is 0.622. The van der Waals surface area contributed by atoms with E-state index in [1.54, 1.807) is 5.56 Å². The van der Waals surface area contributed by atoms with Gasteiger partial charge in [0.05, 0.1) is 0 Å². The van der Waals surface area contributed by atoms with Crippen molar-refractivity contribution in [2.75, 3.05) is 24.5 Å². The van der Waals surface area contributed by atoms with Crippen LogP contribution in [0.3, 0.4) is 0 Å². The predicted octanol–water partition coefficient (Wildman–Crippen LogP) is 6.07. The third-order valence-electron chi connectivity index (χ3n) is 7.92. The maximum atomic E-state index is 2.86. The molecule has 0 aromatic heterocycles. The number of hydrogen-bond acceptors (Lipinski definition) is 2. The molecule has 2 fully saturated rings. The second kappa shape index (κ2) is 8.55. The molecule has 0 radical (unpaired) electrons. The fourth-order valence-electron chi connectivity index (χ4n) is 6.36. The van der Waals surface area contributed by atoms with Gasteiger partial charge in [0.1, 0.15) is 0 Å². The Morgan fingerprint density at radius 1 is 0.963 bits per heavy atom. The van der Waals surface area contributed by atoms with Gasteiger partial charge in [0, 0.05) is 43.3 Å². The number of fused-ring (bicyclic) bond motifs is 1. The zero-order chi connectivity index (χ0) is 18.8. The molecule has 27 heavy (non-hydrogen) atoms. The first-order valence-electron chi connectivity index (χ1n) is 11.8. The molecule has 0 spiro atoms. The Labute approximate surface area is 167 Å². The number of hydrogen-bond donors (Lipinski definition) is 0. The van der Waals surface area contributed by atoms with E-state index in [2.05, 4.69) is 54.8 Å². The molecule has 2 nitrogen and oxygen atoms in total. The van der Waals surface area contributed by atoms with E-state index in [1.807, 2.05) is 0 Å². The predicted molar refractivity (Wildman–Crippen MR) is 117 cm³/mol. The lowest BCUT2D eigenvalue weighted by atomic mass is 9.81. The summed E-state index contributed by atoms with van der Waals surface area (Å²) in [6.45, 7) is 11.1. The highest BCUT2D eigenvalue weighted by molar-refractivity contribution is 5.61. The minimum Gasteiger partial charge on any atom is -0.367 e. The number of benzene rings is 1. The van der Waals surface area contributed by atoms with Gasteiger partial charge in [0.15, 0.2) is 0 Å². The summed E-state index contributed by atoms with van der Waals surface area (Å²) in [5.74, 6) is 2.53. The summed E-state index contributed by atoms with van der Waals surface area (Å²) in [6.07, 6.45) is 11.3. The number of nitrogens with zero attached hydrogens (tertiary/aromatic N) is 2. The van der Waals surface area contributed by atoms with E-state index in [0.717, 1.165) is 29.8 Å².